The van der Waals surface area contributed by atoms with E-state index in [0.29, 0.717) is 6.61 Å². The Morgan fingerprint density at radius 3 is 2.33 bits per heavy atom. The molecule has 0 heterocycles. The van der Waals surface area contributed by atoms with Gasteiger partial charge in [0.25, 0.3) is 0 Å². The smallest absolute Gasteiger partial charge is 0.337 e. The molecule has 0 radical (unpaired) electrons. The highest BCUT2D eigenvalue weighted by atomic mass is 28.4. The second-order valence-electron chi connectivity index (χ2n) is 5.71. The standard InChI is InChI=1S/C13H26O4Si/c1-8-9-16-11(12(14)15-5)10-17-18(6,7)13(2,3)4/h8,11H,1,9-10H2,2-7H3/t11-/m0/s1. The zero-order chi connectivity index (χ0) is 14.4. The van der Waals surface area contributed by atoms with Crippen molar-refractivity contribution in [2.75, 3.05) is 20.3 Å². The van der Waals surface area contributed by atoms with Crippen LogP contribution in [0.2, 0.25) is 18.1 Å². The van der Waals surface area contributed by atoms with Gasteiger partial charge in [0, 0.05) is 0 Å². The van der Waals surface area contributed by atoms with Gasteiger partial charge in [0.2, 0.25) is 0 Å². The van der Waals surface area contributed by atoms with E-state index in [0.717, 1.165) is 0 Å². The van der Waals surface area contributed by atoms with E-state index in [1.807, 2.05) is 0 Å². The first-order valence-corrected chi connectivity index (χ1v) is 9.01. The summed E-state index contributed by atoms with van der Waals surface area (Å²) < 4.78 is 16.0. The summed E-state index contributed by atoms with van der Waals surface area (Å²) in [5.74, 6) is -0.407. The molecule has 0 aliphatic carbocycles. The van der Waals surface area contributed by atoms with E-state index in [1.165, 1.54) is 7.11 Å². The molecule has 106 valence electrons. The molecule has 0 N–H and O–H groups in total. The lowest BCUT2D eigenvalue weighted by atomic mass is 10.2. The van der Waals surface area contributed by atoms with Crippen molar-refractivity contribution in [3.8, 4) is 0 Å². The largest absolute Gasteiger partial charge is 0.467 e. The second kappa shape index (κ2) is 7.06. The third kappa shape index (κ3) is 5.33. The molecule has 18 heavy (non-hydrogen) atoms. The van der Waals surface area contributed by atoms with Crippen LogP contribution < -0.4 is 0 Å². The van der Waals surface area contributed by atoms with E-state index in [2.05, 4.69) is 40.4 Å². The summed E-state index contributed by atoms with van der Waals surface area (Å²) in [6, 6.07) is 0. The van der Waals surface area contributed by atoms with E-state index >= 15 is 0 Å². The SMILES string of the molecule is C=CCO[C@@H](CO[Si](C)(C)C(C)(C)C)C(=O)OC. The molecular weight excluding hydrogens is 248 g/mol. The third-order valence-electron chi connectivity index (χ3n) is 3.28. The summed E-state index contributed by atoms with van der Waals surface area (Å²) in [5.41, 5.74) is 0. The Balaban J connectivity index is 4.51. The number of hydrogen-bond acceptors (Lipinski definition) is 4. The van der Waals surface area contributed by atoms with Gasteiger partial charge < -0.3 is 13.9 Å². The Bertz CT molecular complexity index is 281. The maximum Gasteiger partial charge on any atom is 0.337 e. The van der Waals surface area contributed by atoms with Crippen molar-refractivity contribution in [2.24, 2.45) is 0 Å². The van der Waals surface area contributed by atoms with Crippen molar-refractivity contribution in [2.45, 2.75) is 45.0 Å². The summed E-state index contributed by atoms with van der Waals surface area (Å²) >= 11 is 0. The molecule has 1 atom stereocenters. The zero-order valence-electron chi connectivity index (χ0n) is 12.4. The predicted octanol–water partition coefficient (Wildman–Crippen LogP) is 2.75. The minimum Gasteiger partial charge on any atom is -0.467 e. The molecule has 5 heteroatoms. The maximum atomic E-state index is 11.5. The summed E-state index contributed by atoms with van der Waals surface area (Å²) in [4.78, 5) is 11.5. The van der Waals surface area contributed by atoms with Crippen LogP contribution in [0.5, 0.6) is 0 Å². The Hall–Kier alpha value is -0.653. The fourth-order valence-corrected chi connectivity index (χ4v) is 2.00. The first kappa shape index (κ1) is 17.3. The quantitative estimate of drug-likeness (QED) is 0.407. The maximum absolute atomic E-state index is 11.5. The predicted molar refractivity (Wildman–Crippen MR) is 75.1 cm³/mol. The Kier molecular flexibility index (Phi) is 6.81. The van der Waals surface area contributed by atoms with Gasteiger partial charge in [-0.15, -0.1) is 6.58 Å². The number of methoxy groups -OCH3 is 1. The minimum atomic E-state index is -1.88. The lowest BCUT2D eigenvalue weighted by Gasteiger charge is -2.36. The fraction of sp³-hybridized carbons (Fsp3) is 0.769. The molecule has 0 saturated heterocycles. The molecule has 0 aromatic heterocycles. The zero-order valence-corrected chi connectivity index (χ0v) is 13.4. The van der Waals surface area contributed by atoms with Crippen LogP contribution in [-0.4, -0.2) is 40.7 Å². The highest BCUT2D eigenvalue weighted by Crippen LogP contribution is 2.36. The average molecular weight is 274 g/mol. The number of esters is 1. The van der Waals surface area contributed by atoms with Crippen molar-refractivity contribution in [1.29, 1.82) is 0 Å². The van der Waals surface area contributed by atoms with Crippen LogP contribution in [0.1, 0.15) is 20.8 Å². The molecule has 0 aromatic carbocycles. The van der Waals surface area contributed by atoms with Crippen molar-refractivity contribution in [1.82, 2.24) is 0 Å². The van der Waals surface area contributed by atoms with Crippen molar-refractivity contribution < 1.29 is 18.7 Å². The molecule has 0 spiro atoms. The molecule has 4 nitrogen and oxygen atoms in total. The summed E-state index contributed by atoms with van der Waals surface area (Å²) in [5, 5.41) is 0.103. The van der Waals surface area contributed by atoms with Crippen LogP contribution in [-0.2, 0) is 18.7 Å². The minimum absolute atomic E-state index is 0.103. The molecule has 0 aliphatic rings. The second-order valence-corrected chi connectivity index (χ2v) is 10.5. The normalized spacial score (nSPS) is 14.1. The lowest BCUT2D eigenvalue weighted by Crippen LogP contribution is -2.44. The van der Waals surface area contributed by atoms with Crippen LogP contribution in [0.4, 0.5) is 0 Å². The number of hydrogen-bond donors (Lipinski definition) is 0. The van der Waals surface area contributed by atoms with Crippen molar-refractivity contribution in [3.63, 3.8) is 0 Å². The van der Waals surface area contributed by atoms with Gasteiger partial charge in [-0.25, -0.2) is 4.79 Å². The van der Waals surface area contributed by atoms with Crippen molar-refractivity contribution in [3.05, 3.63) is 12.7 Å². The van der Waals surface area contributed by atoms with Crippen LogP contribution in [0.15, 0.2) is 12.7 Å². The highest BCUT2D eigenvalue weighted by molar-refractivity contribution is 6.74. The van der Waals surface area contributed by atoms with E-state index in [9.17, 15) is 4.79 Å². The Morgan fingerprint density at radius 2 is 1.94 bits per heavy atom. The molecule has 0 saturated carbocycles. The van der Waals surface area contributed by atoms with E-state index in [4.69, 9.17) is 13.9 Å². The third-order valence-corrected chi connectivity index (χ3v) is 7.78. The Labute approximate surface area is 111 Å². The van der Waals surface area contributed by atoms with Gasteiger partial charge in [-0.1, -0.05) is 26.8 Å². The molecule has 0 rings (SSSR count). The van der Waals surface area contributed by atoms with Gasteiger partial charge >= 0.3 is 5.97 Å². The van der Waals surface area contributed by atoms with Crippen LogP contribution in [0.3, 0.4) is 0 Å². The summed E-state index contributed by atoms with van der Waals surface area (Å²) in [6.07, 6.45) is 0.921. The van der Waals surface area contributed by atoms with Gasteiger partial charge in [0.15, 0.2) is 14.4 Å². The molecule has 0 unspecified atom stereocenters. The van der Waals surface area contributed by atoms with Gasteiger partial charge in [-0.3, -0.25) is 0 Å². The van der Waals surface area contributed by atoms with Gasteiger partial charge in [0.1, 0.15) is 0 Å². The van der Waals surface area contributed by atoms with Crippen LogP contribution in [0, 0.1) is 0 Å². The van der Waals surface area contributed by atoms with Crippen molar-refractivity contribution >= 4 is 14.3 Å². The van der Waals surface area contributed by atoms with Gasteiger partial charge in [-0.05, 0) is 18.1 Å². The molecule has 0 amide bonds. The lowest BCUT2D eigenvalue weighted by molar-refractivity contribution is -0.155. The fourth-order valence-electron chi connectivity index (χ4n) is 1.00. The van der Waals surface area contributed by atoms with Crippen LogP contribution in [0.25, 0.3) is 0 Å². The number of ether oxygens (including phenoxy) is 2. The first-order chi connectivity index (χ1) is 8.15. The topological polar surface area (TPSA) is 44.8 Å². The van der Waals surface area contributed by atoms with E-state index in [-0.39, 0.29) is 11.6 Å². The number of rotatable bonds is 7. The average Bonchev–Trinajstić information content (AvgIpc) is 2.26. The monoisotopic (exact) mass is 274 g/mol. The highest BCUT2D eigenvalue weighted by Gasteiger charge is 2.38. The summed E-state index contributed by atoms with van der Waals surface area (Å²) in [6.45, 7) is 14.8. The molecule has 0 fully saturated rings. The van der Waals surface area contributed by atoms with Crippen LogP contribution >= 0.6 is 0 Å². The first-order valence-electron chi connectivity index (χ1n) is 6.10. The number of carbonyl (C=O) groups excluding carboxylic acids is 1. The van der Waals surface area contributed by atoms with Gasteiger partial charge in [-0.2, -0.15) is 0 Å². The molecular formula is C13H26O4Si. The Morgan fingerprint density at radius 1 is 1.39 bits per heavy atom. The molecule has 0 aliphatic heterocycles. The van der Waals surface area contributed by atoms with Gasteiger partial charge in [0.05, 0.1) is 20.3 Å². The molecule has 0 aromatic rings. The summed E-state index contributed by atoms with van der Waals surface area (Å²) in [7, 11) is -0.533. The van der Waals surface area contributed by atoms with E-state index in [1.54, 1.807) is 6.08 Å². The van der Waals surface area contributed by atoms with E-state index < -0.39 is 20.4 Å². The number of carbonyl (C=O) groups is 1. The molecule has 0 bridgehead atoms.